The van der Waals surface area contributed by atoms with Gasteiger partial charge in [-0.25, -0.2) is 17.2 Å². The highest BCUT2D eigenvalue weighted by molar-refractivity contribution is 7.85. The minimum absolute atomic E-state index is 0.00247. The Labute approximate surface area is 192 Å². The Hall–Kier alpha value is -2.13. The number of rotatable bonds is 3. The average Bonchev–Trinajstić information content (AvgIpc) is 2.59. The molecule has 184 valence electrons. The minimum Gasteiger partial charge on any atom is -0.744 e. The van der Waals surface area contributed by atoms with Gasteiger partial charge in [0.1, 0.15) is 20.8 Å². The largest absolute Gasteiger partial charge is 0.744 e. The van der Waals surface area contributed by atoms with Crippen molar-refractivity contribution in [3.63, 3.8) is 0 Å². The van der Waals surface area contributed by atoms with Crippen molar-refractivity contribution in [1.82, 2.24) is 0 Å². The molecule has 0 saturated carbocycles. The van der Waals surface area contributed by atoms with Crippen LogP contribution >= 0.6 is 0 Å². The molecule has 0 N–H and O–H groups in total. The van der Waals surface area contributed by atoms with Crippen molar-refractivity contribution >= 4 is 10.1 Å². The summed E-state index contributed by atoms with van der Waals surface area (Å²) in [6, 6.07) is 3.62. The van der Waals surface area contributed by atoms with E-state index in [9.17, 15) is 30.5 Å². The summed E-state index contributed by atoms with van der Waals surface area (Å²) >= 11 is 0. The molecule has 2 rings (SSSR count). The zero-order chi connectivity index (χ0) is 25.9. The molecule has 0 heterocycles. The molecule has 0 aliphatic carbocycles. The van der Waals surface area contributed by atoms with Crippen LogP contribution in [0.1, 0.15) is 79.0 Å². The third kappa shape index (κ3) is 5.35. The van der Waals surface area contributed by atoms with E-state index in [0.717, 1.165) is 5.56 Å². The minimum atomic E-state index is -5.82. The average molecular weight is 490 g/mol. The van der Waals surface area contributed by atoms with E-state index in [-0.39, 0.29) is 11.2 Å². The lowest BCUT2D eigenvalue weighted by Crippen LogP contribution is -2.23. The predicted octanol–water partition coefficient (Wildman–Crippen LogP) is 6.83. The highest BCUT2D eigenvalue weighted by Crippen LogP contribution is 2.46. The van der Waals surface area contributed by atoms with Crippen LogP contribution in [0.3, 0.4) is 0 Å². The Bertz CT molecular complexity index is 1130. The van der Waals surface area contributed by atoms with Gasteiger partial charge < -0.3 is 9.29 Å². The van der Waals surface area contributed by atoms with Crippen molar-refractivity contribution in [2.75, 3.05) is 0 Å². The fraction of sp³-hybridized carbons (Fsp3) is 0.500. The molecule has 0 saturated heterocycles. The van der Waals surface area contributed by atoms with Gasteiger partial charge in [-0.1, -0.05) is 74.4 Å². The molecule has 0 aliphatic heterocycles. The predicted molar refractivity (Wildman–Crippen MR) is 117 cm³/mol. The van der Waals surface area contributed by atoms with Crippen LogP contribution in [0.5, 0.6) is 11.5 Å². The molecule has 0 spiro atoms. The highest BCUT2D eigenvalue weighted by atomic mass is 32.2. The smallest absolute Gasteiger partial charge is 0.205 e. The number of benzene rings is 2. The molecule has 0 amide bonds. The van der Waals surface area contributed by atoms with Gasteiger partial charge >= 0.3 is 0 Å². The molecule has 2 aromatic rings. The van der Waals surface area contributed by atoms with E-state index in [0.29, 0.717) is 11.1 Å². The van der Waals surface area contributed by atoms with Crippen molar-refractivity contribution in [2.24, 2.45) is 0 Å². The molecule has 33 heavy (non-hydrogen) atoms. The van der Waals surface area contributed by atoms with Crippen LogP contribution in [0.15, 0.2) is 17.0 Å². The Morgan fingerprint density at radius 2 is 1.03 bits per heavy atom. The van der Waals surface area contributed by atoms with E-state index >= 15 is 0 Å². The van der Waals surface area contributed by atoms with Gasteiger partial charge in [-0.2, -0.15) is 8.78 Å². The zero-order valence-corrected chi connectivity index (χ0v) is 21.0. The molecule has 0 unspecified atom stereocenters. The van der Waals surface area contributed by atoms with Crippen LogP contribution in [0, 0.1) is 23.3 Å². The van der Waals surface area contributed by atoms with Gasteiger partial charge in [0, 0.05) is 11.1 Å². The summed E-state index contributed by atoms with van der Waals surface area (Å²) < 4.78 is 97.1. The van der Waals surface area contributed by atoms with E-state index in [1.54, 1.807) is 0 Å². The van der Waals surface area contributed by atoms with E-state index < -0.39 is 54.9 Å². The molecular weight excluding hydrogens is 460 g/mol. The van der Waals surface area contributed by atoms with Crippen LogP contribution < -0.4 is 4.74 Å². The lowest BCUT2D eigenvalue weighted by molar-refractivity contribution is 0.336. The second-order valence-corrected chi connectivity index (χ2v) is 12.4. The van der Waals surface area contributed by atoms with E-state index in [2.05, 4.69) is 0 Å². The standard InChI is InChI=1S/C24H30F4O4S/c1-22(2,3)12-10-13(23(4,5)6)19(14(11-12)24(7,8)9)32-20-15(25)17(27)21(33(29,30)31)18(28)16(20)26/h10-11H,1-9H3,(H,29,30,31)/p-1. The molecule has 2 aromatic carbocycles. The maximum absolute atomic E-state index is 14.7. The van der Waals surface area contributed by atoms with Gasteiger partial charge in [0.05, 0.1) is 0 Å². The molecule has 0 aromatic heterocycles. The normalized spacial score (nSPS) is 13.4. The summed E-state index contributed by atoms with van der Waals surface area (Å²) in [7, 11) is -5.82. The summed E-state index contributed by atoms with van der Waals surface area (Å²) in [4.78, 5) is -2.22. The van der Waals surface area contributed by atoms with Crippen molar-refractivity contribution in [3.05, 3.63) is 52.1 Å². The molecular formula is C24H29F4O4S-. The van der Waals surface area contributed by atoms with Crippen LogP contribution in [0.2, 0.25) is 0 Å². The lowest BCUT2D eigenvalue weighted by Gasteiger charge is -2.33. The van der Waals surface area contributed by atoms with Gasteiger partial charge in [-0.15, -0.1) is 0 Å². The monoisotopic (exact) mass is 489 g/mol. The van der Waals surface area contributed by atoms with Gasteiger partial charge in [-0.05, 0) is 21.8 Å². The maximum atomic E-state index is 14.7. The van der Waals surface area contributed by atoms with Crippen molar-refractivity contribution in [1.29, 1.82) is 0 Å². The second kappa shape index (κ2) is 8.27. The Morgan fingerprint density at radius 1 is 0.667 bits per heavy atom. The highest BCUT2D eigenvalue weighted by Gasteiger charge is 2.34. The molecule has 0 fully saturated rings. The molecule has 0 bridgehead atoms. The first-order valence-corrected chi connectivity index (χ1v) is 11.7. The van der Waals surface area contributed by atoms with Crippen molar-refractivity contribution in [2.45, 2.75) is 83.5 Å². The zero-order valence-electron chi connectivity index (χ0n) is 20.2. The first kappa shape index (κ1) is 27.1. The summed E-state index contributed by atoms with van der Waals surface area (Å²) in [6.45, 7) is 17.0. The number of halogens is 4. The van der Waals surface area contributed by atoms with E-state index in [1.807, 2.05) is 74.4 Å². The van der Waals surface area contributed by atoms with E-state index in [1.165, 1.54) is 0 Å². The van der Waals surface area contributed by atoms with Crippen LogP contribution in [0.25, 0.3) is 0 Å². The lowest BCUT2D eigenvalue weighted by atomic mass is 9.74. The maximum Gasteiger partial charge on any atom is 0.205 e. The fourth-order valence-electron chi connectivity index (χ4n) is 3.29. The first-order chi connectivity index (χ1) is 14.6. The Balaban J connectivity index is 2.98. The number of ether oxygens (including phenoxy) is 1. The number of hydrogen-bond donors (Lipinski definition) is 0. The molecule has 4 nitrogen and oxygen atoms in total. The van der Waals surface area contributed by atoms with Crippen LogP contribution in [-0.4, -0.2) is 13.0 Å². The third-order valence-corrected chi connectivity index (χ3v) is 6.07. The van der Waals surface area contributed by atoms with Gasteiger partial charge in [0.25, 0.3) is 0 Å². The third-order valence-electron chi connectivity index (χ3n) is 5.21. The van der Waals surface area contributed by atoms with Gasteiger partial charge in [0.15, 0.2) is 11.6 Å². The quantitative estimate of drug-likeness (QED) is 0.269. The van der Waals surface area contributed by atoms with Crippen LogP contribution in [-0.2, 0) is 26.4 Å². The Kier molecular flexibility index (Phi) is 6.79. The fourth-order valence-corrected chi connectivity index (χ4v) is 3.91. The van der Waals surface area contributed by atoms with Crippen LogP contribution in [0.4, 0.5) is 17.6 Å². The summed E-state index contributed by atoms with van der Waals surface area (Å²) in [5, 5.41) is 0. The van der Waals surface area contributed by atoms with E-state index in [4.69, 9.17) is 4.74 Å². The topological polar surface area (TPSA) is 66.4 Å². The number of hydrogen-bond acceptors (Lipinski definition) is 4. The van der Waals surface area contributed by atoms with Crippen molar-refractivity contribution < 1.29 is 35.3 Å². The Morgan fingerprint density at radius 3 is 1.30 bits per heavy atom. The SMILES string of the molecule is CC(C)(C)c1cc(C(C)(C)C)c(Oc2c(F)c(F)c(S(=O)(=O)[O-])c(F)c2F)c(C(C)(C)C)c1. The summed E-state index contributed by atoms with van der Waals surface area (Å²) in [5.41, 5.74) is 0.450. The summed E-state index contributed by atoms with van der Waals surface area (Å²) in [5.74, 6) is -10.3. The molecule has 9 heteroatoms. The molecule has 0 atom stereocenters. The van der Waals surface area contributed by atoms with Gasteiger partial charge in [0.2, 0.25) is 17.4 Å². The molecule has 0 aliphatic rings. The first-order valence-electron chi connectivity index (χ1n) is 10.3. The second-order valence-electron chi connectivity index (χ2n) is 11.1. The summed E-state index contributed by atoms with van der Waals surface area (Å²) in [6.07, 6.45) is 0. The van der Waals surface area contributed by atoms with Crippen molar-refractivity contribution in [3.8, 4) is 11.5 Å². The van der Waals surface area contributed by atoms with Gasteiger partial charge in [-0.3, -0.25) is 0 Å². The molecule has 0 radical (unpaired) electrons.